The molecular formula is C13H21ClF3N3S. The van der Waals surface area contributed by atoms with Gasteiger partial charge >= 0.3 is 6.18 Å². The van der Waals surface area contributed by atoms with Gasteiger partial charge in [-0.3, -0.25) is 4.90 Å². The van der Waals surface area contributed by atoms with Gasteiger partial charge < -0.3 is 5.73 Å². The molecule has 122 valence electrons. The molecule has 1 saturated heterocycles. The summed E-state index contributed by atoms with van der Waals surface area (Å²) in [5.74, 6) is 0.368. The van der Waals surface area contributed by atoms with Crippen LogP contribution < -0.4 is 5.73 Å². The van der Waals surface area contributed by atoms with Crippen molar-refractivity contribution in [3.8, 4) is 0 Å². The molecule has 1 aliphatic heterocycles. The molecule has 0 radical (unpaired) electrons. The van der Waals surface area contributed by atoms with E-state index in [1.165, 1.54) is 0 Å². The van der Waals surface area contributed by atoms with E-state index >= 15 is 0 Å². The summed E-state index contributed by atoms with van der Waals surface area (Å²) in [6.07, 6.45) is -2.32. The lowest BCUT2D eigenvalue weighted by Crippen LogP contribution is -2.42. The number of thiazole rings is 1. The fraction of sp³-hybridized carbons (Fsp3) is 0.769. The molecule has 0 amide bonds. The zero-order valence-corrected chi connectivity index (χ0v) is 13.7. The molecule has 1 aromatic heterocycles. The van der Waals surface area contributed by atoms with Crippen molar-refractivity contribution < 1.29 is 13.2 Å². The van der Waals surface area contributed by atoms with Gasteiger partial charge in [-0.2, -0.15) is 13.2 Å². The van der Waals surface area contributed by atoms with Crippen molar-refractivity contribution in [3.63, 3.8) is 0 Å². The third-order valence-electron chi connectivity index (χ3n) is 3.73. The monoisotopic (exact) mass is 343 g/mol. The number of rotatable bonds is 3. The van der Waals surface area contributed by atoms with E-state index in [2.05, 4.69) is 9.88 Å². The van der Waals surface area contributed by atoms with Crippen LogP contribution in [0, 0.1) is 12.8 Å². The van der Waals surface area contributed by atoms with Crippen molar-refractivity contribution in [1.29, 1.82) is 0 Å². The van der Waals surface area contributed by atoms with E-state index in [9.17, 15) is 13.2 Å². The van der Waals surface area contributed by atoms with Crippen LogP contribution in [0.25, 0.3) is 0 Å². The van der Waals surface area contributed by atoms with E-state index < -0.39 is 11.9 Å². The average molecular weight is 344 g/mol. The first-order valence-corrected chi connectivity index (χ1v) is 7.60. The molecule has 1 fully saturated rings. The normalized spacial score (nSPS) is 21.9. The molecule has 0 spiro atoms. The molecule has 2 heterocycles. The van der Waals surface area contributed by atoms with Gasteiger partial charge in [-0.05, 0) is 39.2 Å². The van der Waals surface area contributed by atoms with Gasteiger partial charge in [0.2, 0.25) is 0 Å². The van der Waals surface area contributed by atoms with Gasteiger partial charge in [0.1, 0.15) is 0 Å². The first-order valence-electron chi connectivity index (χ1n) is 6.79. The van der Waals surface area contributed by atoms with Crippen LogP contribution >= 0.6 is 23.7 Å². The highest BCUT2D eigenvalue weighted by molar-refractivity contribution is 7.11. The first-order chi connectivity index (χ1) is 9.27. The Morgan fingerprint density at radius 1 is 1.48 bits per heavy atom. The Hall–Kier alpha value is -0.370. The highest BCUT2D eigenvalue weighted by Gasteiger charge is 2.37. The van der Waals surface area contributed by atoms with Gasteiger partial charge in [0, 0.05) is 19.1 Å². The molecule has 0 saturated carbocycles. The van der Waals surface area contributed by atoms with Crippen LogP contribution in [0.15, 0.2) is 0 Å². The smallest absolute Gasteiger partial charge is 0.328 e. The summed E-state index contributed by atoms with van der Waals surface area (Å²) in [7, 11) is 0. The van der Waals surface area contributed by atoms with E-state index in [0.717, 1.165) is 37.3 Å². The summed E-state index contributed by atoms with van der Waals surface area (Å²) in [5, 5.41) is 0.466. The second-order valence-electron chi connectivity index (χ2n) is 5.50. The van der Waals surface area contributed by atoms with E-state index in [1.807, 2.05) is 6.92 Å². The summed E-state index contributed by atoms with van der Waals surface area (Å²) >= 11 is 1.14. The van der Waals surface area contributed by atoms with Crippen LogP contribution in [0.2, 0.25) is 0 Å². The maximum Gasteiger partial charge on any atom is 0.434 e. The third kappa shape index (κ3) is 4.81. The van der Waals surface area contributed by atoms with Gasteiger partial charge in [0.05, 0.1) is 9.88 Å². The second kappa shape index (κ2) is 7.26. The van der Waals surface area contributed by atoms with Gasteiger partial charge in [-0.25, -0.2) is 4.98 Å². The SMILES string of the molecule is Cc1nc(C(F)(F)F)c(CN2CCCC(C(C)N)C2)s1.Cl. The molecule has 2 rings (SSSR count). The molecule has 8 heteroatoms. The molecule has 1 aliphatic rings. The minimum absolute atomic E-state index is 0. The molecule has 1 aromatic rings. The zero-order chi connectivity index (χ0) is 14.9. The van der Waals surface area contributed by atoms with Crippen molar-refractivity contribution in [2.45, 2.75) is 45.5 Å². The number of nitrogens with zero attached hydrogens (tertiary/aromatic N) is 2. The van der Waals surface area contributed by atoms with Crippen LogP contribution in [0.3, 0.4) is 0 Å². The quantitative estimate of drug-likeness (QED) is 0.914. The van der Waals surface area contributed by atoms with Crippen LogP contribution in [0.5, 0.6) is 0 Å². The molecule has 0 bridgehead atoms. The minimum Gasteiger partial charge on any atom is -0.328 e. The lowest BCUT2D eigenvalue weighted by molar-refractivity contribution is -0.141. The number of halogens is 4. The van der Waals surface area contributed by atoms with E-state index in [1.54, 1.807) is 6.92 Å². The molecule has 0 aromatic carbocycles. The maximum absolute atomic E-state index is 12.9. The molecule has 21 heavy (non-hydrogen) atoms. The predicted molar refractivity (Wildman–Crippen MR) is 80.8 cm³/mol. The second-order valence-corrected chi connectivity index (χ2v) is 6.79. The summed E-state index contributed by atoms with van der Waals surface area (Å²) < 4.78 is 38.8. The highest BCUT2D eigenvalue weighted by atomic mass is 35.5. The predicted octanol–water partition coefficient (Wildman–Crippen LogP) is 3.45. The fourth-order valence-corrected chi connectivity index (χ4v) is 3.66. The van der Waals surface area contributed by atoms with Crippen LogP contribution in [0.4, 0.5) is 13.2 Å². The van der Waals surface area contributed by atoms with Crippen molar-refractivity contribution >= 4 is 23.7 Å². The minimum atomic E-state index is -4.36. The Labute approximate surface area is 133 Å². The number of hydrogen-bond acceptors (Lipinski definition) is 4. The lowest BCUT2D eigenvalue weighted by atomic mass is 9.92. The van der Waals surface area contributed by atoms with Crippen molar-refractivity contribution in [3.05, 3.63) is 15.6 Å². The zero-order valence-electron chi connectivity index (χ0n) is 12.1. The van der Waals surface area contributed by atoms with Gasteiger partial charge in [0.25, 0.3) is 0 Å². The largest absolute Gasteiger partial charge is 0.434 e. The summed E-state index contributed by atoms with van der Waals surface area (Å²) in [6, 6.07) is 0.0862. The fourth-order valence-electron chi connectivity index (χ4n) is 2.67. The molecule has 2 atom stereocenters. The average Bonchev–Trinajstić information content (AvgIpc) is 2.70. The lowest BCUT2D eigenvalue weighted by Gasteiger charge is -2.34. The van der Waals surface area contributed by atoms with E-state index in [4.69, 9.17) is 5.73 Å². The topological polar surface area (TPSA) is 42.2 Å². The number of piperidine rings is 1. The van der Waals surface area contributed by atoms with Crippen LogP contribution in [0.1, 0.15) is 35.3 Å². The van der Waals surface area contributed by atoms with Gasteiger partial charge in [-0.1, -0.05) is 0 Å². The third-order valence-corrected chi connectivity index (χ3v) is 4.68. The highest BCUT2D eigenvalue weighted by Crippen LogP contribution is 2.35. The number of alkyl halides is 3. The number of aromatic nitrogens is 1. The molecule has 3 nitrogen and oxygen atoms in total. The Morgan fingerprint density at radius 2 is 2.14 bits per heavy atom. The molecular weight excluding hydrogens is 323 g/mol. The molecule has 0 aliphatic carbocycles. The van der Waals surface area contributed by atoms with Crippen LogP contribution in [-0.2, 0) is 12.7 Å². The first kappa shape index (κ1) is 18.7. The standard InChI is InChI=1S/C13H20F3N3S.ClH/c1-8(17)10-4-3-5-19(6-10)7-11-12(13(14,15)16)18-9(2)20-11;/h8,10H,3-7,17H2,1-2H3;1H. The molecule has 2 unspecified atom stereocenters. The summed E-state index contributed by atoms with van der Waals surface area (Å²) in [6.45, 7) is 5.50. The maximum atomic E-state index is 12.9. The van der Waals surface area contributed by atoms with Crippen molar-refractivity contribution in [1.82, 2.24) is 9.88 Å². The Morgan fingerprint density at radius 3 is 2.71 bits per heavy atom. The number of hydrogen-bond donors (Lipinski definition) is 1. The van der Waals surface area contributed by atoms with E-state index in [0.29, 0.717) is 22.3 Å². The van der Waals surface area contributed by atoms with Crippen molar-refractivity contribution in [2.75, 3.05) is 13.1 Å². The number of nitrogens with two attached hydrogens (primary N) is 1. The van der Waals surface area contributed by atoms with E-state index in [-0.39, 0.29) is 18.4 Å². The Bertz CT molecular complexity index is 462. The van der Waals surface area contributed by atoms with Gasteiger partial charge in [-0.15, -0.1) is 23.7 Å². The Balaban J connectivity index is 0.00000220. The van der Waals surface area contributed by atoms with Gasteiger partial charge in [0.15, 0.2) is 5.69 Å². The summed E-state index contributed by atoms with van der Waals surface area (Å²) in [4.78, 5) is 6.03. The van der Waals surface area contributed by atoms with Crippen molar-refractivity contribution in [2.24, 2.45) is 11.7 Å². The molecule has 2 N–H and O–H groups in total. The number of aryl methyl sites for hydroxylation is 1. The summed E-state index contributed by atoms with van der Waals surface area (Å²) in [5.41, 5.74) is 5.19. The number of likely N-dealkylation sites (tertiary alicyclic amines) is 1. The Kier molecular flexibility index (Phi) is 6.46. The van der Waals surface area contributed by atoms with Crippen LogP contribution in [-0.4, -0.2) is 29.0 Å².